The summed E-state index contributed by atoms with van der Waals surface area (Å²) in [6.45, 7) is 0. The van der Waals surface area contributed by atoms with Crippen LogP contribution in [0, 0.1) is 0 Å². The number of hydrogen-bond donors (Lipinski definition) is 2. The Bertz CT molecular complexity index is 606. The van der Waals surface area contributed by atoms with Gasteiger partial charge in [-0.1, -0.05) is 18.2 Å². The summed E-state index contributed by atoms with van der Waals surface area (Å²) in [5.74, 6) is 0.680. The Morgan fingerprint density at radius 1 is 1.12 bits per heavy atom. The number of aromatic amines is 1. The van der Waals surface area contributed by atoms with Crippen LogP contribution in [0.25, 0.3) is 17.0 Å². The van der Waals surface area contributed by atoms with Crippen molar-refractivity contribution in [2.24, 2.45) is 10.1 Å². The van der Waals surface area contributed by atoms with Gasteiger partial charge in [0.05, 0.1) is 17.4 Å². The fourth-order valence-electron chi connectivity index (χ4n) is 1.57. The molecule has 0 aliphatic carbocycles. The Morgan fingerprint density at radius 3 is 2.94 bits per heavy atom. The van der Waals surface area contributed by atoms with E-state index in [-0.39, 0.29) is 0 Å². The molecule has 0 amide bonds. The summed E-state index contributed by atoms with van der Waals surface area (Å²) in [6.07, 6.45) is 5.09. The lowest BCUT2D eigenvalue weighted by Gasteiger charge is -2.01. The SMILES string of the molecule is C1=NN/C(=C\c2n[nH]c3ccccc23)N=C1. The van der Waals surface area contributed by atoms with Crippen molar-refractivity contribution < 1.29 is 0 Å². The van der Waals surface area contributed by atoms with E-state index in [1.165, 1.54) is 0 Å². The number of hydrazone groups is 1. The molecule has 2 heterocycles. The predicted molar refractivity (Wildman–Crippen MR) is 64.2 cm³/mol. The molecule has 16 heavy (non-hydrogen) atoms. The van der Waals surface area contributed by atoms with Gasteiger partial charge in [-0.3, -0.25) is 10.5 Å². The highest BCUT2D eigenvalue weighted by Gasteiger charge is 2.03. The molecule has 0 fully saturated rings. The van der Waals surface area contributed by atoms with Crippen LogP contribution in [0.3, 0.4) is 0 Å². The Balaban J connectivity index is 2.07. The first-order valence-electron chi connectivity index (χ1n) is 4.90. The number of benzene rings is 1. The summed E-state index contributed by atoms with van der Waals surface area (Å²) in [6, 6.07) is 7.95. The first kappa shape index (κ1) is 8.84. The standard InChI is InChI=1S/C11H9N5/c1-2-4-9-8(3-1)10(15-14-9)7-11-12-5-6-13-16-11/h1-7,16H,(H,14,15)/b11-7-. The molecule has 0 saturated carbocycles. The molecule has 5 nitrogen and oxygen atoms in total. The zero-order chi connectivity index (χ0) is 10.8. The minimum Gasteiger partial charge on any atom is -0.277 e. The maximum atomic E-state index is 4.22. The van der Waals surface area contributed by atoms with Gasteiger partial charge in [0.25, 0.3) is 0 Å². The predicted octanol–water partition coefficient (Wildman–Crippen LogP) is 1.52. The van der Waals surface area contributed by atoms with Gasteiger partial charge >= 0.3 is 0 Å². The lowest BCUT2D eigenvalue weighted by atomic mass is 10.2. The maximum absolute atomic E-state index is 4.22. The van der Waals surface area contributed by atoms with E-state index < -0.39 is 0 Å². The van der Waals surface area contributed by atoms with E-state index in [4.69, 9.17) is 0 Å². The molecule has 3 rings (SSSR count). The minimum atomic E-state index is 0.680. The molecule has 0 saturated heterocycles. The van der Waals surface area contributed by atoms with Gasteiger partial charge in [0, 0.05) is 17.7 Å². The topological polar surface area (TPSA) is 65.4 Å². The van der Waals surface area contributed by atoms with Crippen molar-refractivity contribution in [2.45, 2.75) is 0 Å². The zero-order valence-electron chi connectivity index (χ0n) is 8.38. The molecule has 5 heteroatoms. The van der Waals surface area contributed by atoms with Crippen LogP contribution in [0.2, 0.25) is 0 Å². The van der Waals surface area contributed by atoms with E-state index in [9.17, 15) is 0 Å². The third-order valence-corrected chi connectivity index (χ3v) is 2.31. The van der Waals surface area contributed by atoms with Crippen LogP contribution in [0.4, 0.5) is 0 Å². The normalized spacial score (nSPS) is 16.9. The number of H-pyrrole nitrogens is 1. The van der Waals surface area contributed by atoms with Gasteiger partial charge in [-0.2, -0.15) is 10.2 Å². The van der Waals surface area contributed by atoms with Gasteiger partial charge < -0.3 is 0 Å². The van der Waals surface area contributed by atoms with Crippen molar-refractivity contribution >= 4 is 29.4 Å². The number of aliphatic imine (C=N–C) groups is 1. The van der Waals surface area contributed by atoms with Crippen molar-refractivity contribution in [3.05, 3.63) is 35.8 Å². The summed E-state index contributed by atoms with van der Waals surface area (Å²) < 4.78 is 0. The van der Waals surface area contributed by atoms with Crippen LogP contribution in [0.1, 0.15) is 5.69 Å². The fraction of sp³-hybridized carbons (Fsp3) is 0. The minimum absolute atomic E-state index is 0.680. The quantitative estimate of drug-likeness (QED) is 0.751. The number of nitrogens with zero attached hydrogens (tertiary/aromatic N) is 3. The maximum Gasteiger partial charge on any atom is 0.148 e. The number of rotatable bonds is 1. The number of hydrogen-bond acceptors (Lipinski definition) is 4. The highest BCUT2D eigenvalue weighted by Crippen LogP contribution is 2.17. The van der Waals surface area contributed by atoms with Crippen molar-refractivity contribution in [1.82, 2.24) is 15.6 Å². The molecule has 1 aliphatic rings. The second-order valence-corrected chi connectivity index (χ2v) is 3.35. The summed E-state index contributed by atoms with van der Waals surface area (Å²) in [4.78, 5) is 4.13. The van der Waals surface area contributed by atoms with E-state index in [1.54, 1.807) is 12.4 Å². The molecule has 0 spiro atoms. The van der Waals surface area contributed by atoms with Gasteiger partial charge in [0.2, 0.25) is 0 Å². The molecule has 0 bridgehead atoms. The molecule has 1 aromatic carbocycles. The van der Waals surface area contributed by atoms with Gasteiger partial charge in [0.15, 0.2) is 0 Å². The van der Waals surface area contributed by atoms with E-state index >= 15 is 0 Å². The third kappa shape index (κ3) is 1.48. The Hall–Kier alpha value is -2.43. The molecule has 78 valence electrons. The molecule has 0 atom stereocenters. The van der Waals surface area contributed by atoms with Crippen molar-refractivity contribution in [3.63, 3.8) is 0 Å². The van der Waals surface area contributed by atoms with Gasteiger partial charge in [-0.25, -0.2) is 4.99 Å². The Morgan fingerprint density at radius 2 is 2.06 bits per heavy atom. The first-order chi connectivity index (χ1) is 7.93. The fourth-order valence-corrected chi connectivity index (χ4v) is 1.57. The molecule has 1 aliphatic heterocycles. The van der Waals surface area contributed by atoms with E-state index in [2.05, 4.69) is 25.7 Å². The molecule has 0 radical (unpaired) electrons. The average Bonchev–Trinajstić information content (AvgIpc) is 2.74. The smallest absolute Gasteiger partial charge is 0.148 e. The summed E-state index contributed by atoms with van der Waals surface area (Å²) in [5, 5.41) is 12.1. The molecule has 1 aromatic heterocycles. The van der Waals surface area contributed by atoms with E-state index in [0.29, 0.717) is 5.82 Å². The first-order valence-corrected chi connectivity index (χ1v) is 4.90. The zero-order valence-corrected chi connectivity index (χ0v) is 8.38. The van der Waals surface area contributed by atoms with Crippen molar-refractivity contribution in [3.8, 4) is 0 Å². The number of nitrogens with one attached hydrogen (secondary N) is 2. The summed E-state index contributed by atoms with van der Waals surface area (Å²) >= 11 is 0. The summed E-state index contributed by atoms with van der Waals surface area (Å²) in [7, 11) is 0. The van der Waals surface area contributed by atoms with E-state index in [0.717, 1.165) is 16.6 Å². The van der Waals surface area contributed by atoms with Crippen LogP contribution in [-0.4, -0.2) is 22.6 Å². The lowest BCUT2D eigenvalue weighted by Crippen LogP contribution is -2.08. The van der Waals surface area contributed by atoms with Crippen molar-refractivity contribution in [2.75, 3.05) is 0 Å². The van der Waals surface area contributed by atoms with Crippen LogP contribution in [0.5, 0.6) is 0 Å². The molecule has 0 unspecified atom stereocenters. The second kappa shape index (κ2) is 3.62. The van der Waals surface area contributed by atoms with Crippen molar-refractivity contribution in [1.29, 1.82) is 0 Å². The third-order valence-electron chi connectivity index (χ3n) is 2.31. The van der Waals surface area contributed by atoms with Gasteiger partial charge in [0.1, 0.15) is 5.82 Å². The number of para-hydroxylation sites is 1. The Kier molecular flexibility index (Phi) is 2.00. The highest BCUT2D eigenvalue weighted by atomic mass is 15.3. The average molecular weight is 211 g/mol. The van der Waals surface area contributed by atoms with Crippen LogP contribution < -0.4 is 5.43 Å². The molecule has 2 aromatic rings. The largest absolute Gasteiger partial charge is 0.277 e. The van der Waals surface area contributed by atoms with Gasteiger partial charge in [-0.15, -0.1) is 0 Å². The highest BCUT2D eigenvalue weighted by molar-refractivity contribution is 6.16. The molecular formula is C11H9N5. The van der Waals surface area contributed by atoms with Crippen LogP contribution in [0.15, 0.2) is 40.2 Å². The van der Waals surface area contributed by atoms with Gasteiger partial charge in [-0.05, 0) is 6.07 Å². The summed E-state index contributed by atoms with van der Waals surface area (Å²) in [5.41, 5.74) is 4.67. The van der Waals surface area contributed by atoms with Crippen LogP contribution in [-0.2, 0) is 0 Å². The number of aromatic nitrogens is 2. The Labute approximate surface area is 91.6 Å². The lowest BCUT2D eigenvalue weighted by molar-refractivity contribution is 0.880. The van der Waals surface area contributed by atoms with Crippen LogP contribution >= 0.6 is 0 Å². The second-order valence-electron chi connectivity index (χ2n) is 3.35. The monoisotopic (exact) mass is 211 g/mol. The molecular weight excluding hydrogens is 202 g/mol. The number of fused-ring (bicyclic) bond motifs is 1. The molecule has 2 N–H and O–H groups in total. The van der Waals surface area contributed by atoms with E-state index in [1.807, 2.05) is 30.3 Å².